The highest BCUT2D eigenvalue weighted by Crippen LogP contribution is 2.27. The fourth-order valence-corrected chi connectivity index (χ4v) is 4.99. The van der Waals surface area contributed by atoms with E-state index in [1.54, 1.807) is 30.5 Å². The number of carbonyl (C=O) groups excluding carboxylic acids is 1. The van der Waals surface area contributed by atoms with Gasteiger partial charge < -0.3 is 10.1 Å². The number of amides is 1. The number of anilines is 1. The van der Waals surface area contributed by atoms with Crippen molar-refractivity contribution in [1.82, 2.24) is 9.71 Å². The summed E-state index contributed by atoms with van der Waals surface area (Å²) in [6.07, 6.45) is 9.37. The molecule has 0 saturated heterocycles. The van der Waals surface area contributed by atoms with Gasteiger partial charge in [-0.25, -0.2) is 18.1 Å². The van der Waals surface area contributed by atoms with Crippen LogP contribution in [0.2, 0.25) is 0 Å². The predicted molar refractivity (Wildman–Crippen MR) is 114 cm³/mol. The summed E-state index contributed by atoms with van der Waals surface area (Å²) >= 11 is 0. The summed E-state index contributed by atoms with van der Waals surface area (Å²) in [5.74, 6) is 0.960. The third kappa shape index (κ3) is 5.37. The van der Waals surface area contributed by atoms with Crippen molar-refractivity contribution in [2.45, 2.75) is 55.9 Å². The monoisotopic (exact) mass is 429 g/mol. The van der Waals surface area contributed by atoms with Gasteiger partial charge in [-0.15, -0.1) is 0 Å². The van der Waals surface area contributed by atoms with E-state index in [9.17, 15) is 13.2 Å². The van der Waals surface area contributed by atoms with E-state index in [2.05, 4.69) is 15.0 Å². The average Bonchev–Trinajstić information content (AvgIpc) is 3.57. The van der Waals surface area contributed by atoms with E-state index in [-0.39, 0.29) is 16.5 Å². The van der Waals surface area contributed by atoms with E-state index in [0.29, 0.717) is 24.1 Å². The highest BCUT2D eigenvalue weighted by atomic mass is 32.2. The standard InChI is InChI=1S/C22H27N3O4S/c26-22(17-8-4-9-19(14-17)30(27,28)25-18-11-12-18)24-21-20(10-5-13-23-21)29-15-16-6-2-1-3-7-16/h4-5,8-10,13-14,16,18,25H,1-3,6-7,11-12,15H2,(H,23,24,26). The fourth-order valence-electron chi connectivity index (χ4n) is 3.64. The smallest absolute Gasteiger partial charge is 0.256 e. The number of ether oxygens (including phenoxy) is 1. The van der Waals surface area contributed by atoms with Crippen LogP contribution in [0.5, 0.6) is 5.75 Å². The van der Waals surface area contributed by atoms with Crippen molar-refractivity contribution in [1.29, 1.82) is 0 Å². The maximum atomic E-state index is 12.8. The number of carbonyl (C=O) groups is 1. The minimum Gasteiger partial charge on any atom is -0.489 e. The Morgan fingerprint density at radius 1 is 1.07 bits per heavy atom. The molecule has 0 spiro atoms. The van der Waals surface area contributed by atoms with Gasteiger partial charge in [-0.3, -0.25) is 4.79 Å². The molecule has 2 saturated carbocycles. The number of aromatic nitrogens is 1. The molecule has 1 amide bonds. The number of hydrogen-bond acceptors (Lipinski definition) is 5. The van der Waals surface area contributed by atoms with Crippen molar-refractivity contribution in [2.75, 3.05) is 11.9 Å². The summed E-state index contributed by atoms with van der Waals surface area (Å²) in [5, 5.41) is 2.76. The summed E-state index contributed by atoms with van der Waals surface area (Å²) in [7, 11) is -3.63. The van der Waals surface area contributed by atoms with Crippen LogP contribution < -0.4 is 14.8 Å². The molecule has 0 bridgehead atoms. The Morgan fingerprint density at radius 2 is 1.87 bits per heavy atom. The SMILES string of the molecule is O=C(Nc1ncccc1OCC1CCCCC1)c1cccc(S(=O)(=O)NC2CC2)c1. The number of nitrogens with zero attached hydrogens (tertiary/aromatic N) is 1. The zero-order valence-corrected chi connectivity index (χ0v) is 17.7. The predicted octanol–water partition coefficient (Wildman–Crippen LogP) is 3.73. The molecule has 7 nitrogen and oxygen atoms in total. The van der Waals surface area contributed by atoms with Crippen molar-refractivity contribution >= 4 is 21.7 Å². The molecule has 4 rings (SSSR count). The van der Waals surface area contributed by atoms with Crippen LogP contribution in [-0.2, 0) is 10.0 Å². The largest absolute Gasteiger partial charge is 0.489 e. The summed E-state index contributed by atoms with van der Waals surface area (Å²) in [4.78, 5) is 17.1. The zero-order valence-electron chi connectivity index (χ0n) is 16.8. The number of rotatable bonds is 8. The molecule has 2 aliphatic rings. The van der Waals surface area contributed by atoms with Gasteiger partial charge in [-0.05, 0) is 61.9 Å². The molecular formula is C22H27N3O4S. The number of hydrogen-bond donors (Lipinski definition) is 2. The number of pyridine rings is 1. The maximum Gasteiger partial charge on any atom is 0.256 e. The molecule has 2 aliphatic carbocycles. The molecule has 2 aromatic rings. The van der Waals surface area contributed by atoms with Crippen LogP contribution in [0.15, 0.2) is 47.5 Å². The second-order valence-corrected chi connectivity index (χ2v) is 9.76. The molecule has 0 atom stereocenters. The Hall–Kier alpha value is -2.45. The molecule has 0 radical (unpaired) electrons. The Balaban J connectivity index is 1.44. The summed E-state index contributed by atoms with van der Waals surface area (Å²) < 4.78 is 33.4. The van der Waals surface area contributed by atoms with Crippen LogP contribution in [-0.4, -0.2) is 32.0 Å². The van der Waals surface area contributed by atoms with Crippen molar-refractivity contribution < 1.29 is 17.9 Å². The van der Waals surface area contributed by atoms with Crippen LogP contribution in [0.1, 0.15) is 55.3 Å². The van der Waals surface area contributed by atoms with Gasteiger partial charge in [0.15, 0.2) is 11.6 Å². The molecule has 2 fully saturated rings. The van der Waals surface area contributed by atoms with Crippen LogP contribution in [0.25, 0.3) is 0 Å². The van der Waals surface area contributed by atoms with Crippen LogP contribution in [0.4, 0.5) is 5.82 Å². The summed E-state index contributed by atoms with van der Waals surface area (Å²) in [6.45, 7) is 0.606. The first-order valence-electron chi connectivity index (χ1n) is 10.5. The van der Waals surface area contributed by atoms with E-state index in [0.717, 1.165) is 25.7 Å². The van der Waals surface area contributed by atoms with Crippen LogP contribution in [0.3, 0.4) is 0 Å². The molecule has 0 aliphatic heterocycles. The number of benzene rings is 1. The minimum atomic E-state index is -3.63. The van der Waals surface area contributed by atoms with Gasteiger partial charge in [-0.1, -0.05) is 25.3 Å². The zero-order chi connectivity index (χ0) is 21.0. The van der Waals surface area contributed by atoms with Crippen molar-refractivity contribution in [2.24, 2.45) is 5.92 Å². The molecule has 160 valence electrons. The Morgan fingerprint density at radius 3 is 2.63 bits per heavy atom. The highest BCUT2D eigenvalue weighted by molar-refractivity contribution is 7.89. The molecule has 30 heavy (non-hydrogen) atoms. The van der Waals surface area contributed by atoms with Crippen molar-refractivity contribution in [3.63, 3.8) is 0 Å². The van der Waals surface area contributed by atoms with Gasteiger partial charge in [0, 0.05) is 17.8 Å². The molecule has 0 unspecified atom stereocenters. The summed E-state index contributed by atoms with van der Waals surface area (Å²) in [5.41, 5.74) is 0.248. The maximum absolute atomic E-state index is 12.8. The van der Waals surface area contributed by atoms with Gasteiger partial charge in [-0.2, -0.15) is 0 Å². The molecular weight excluding hydrogens is 402 g/mol. The lowest BCUT2D eigenvalue weighted by Crippen LogP contribution is -2.26. The first kappa shape index (κ1) is 20.8. The topological polar surface area (TPSA) is 97.4 Å². The third-order valence-electron chi connectivity index (χ3n) is 5.51. The minimum absolute atomic E-state index is 0.00451. The summed E-state index contributed by atoms with van der Waals surface area (Å²) in [6, 6.07) is 9.57. The van der Waals surface area contributed by atoms with Crippen LogP contribution in [0, 0.1) is 5.92 Å². The van der Waals surface area contributed by atoms with Crippen molar-refractivity contribution in [3.8, 4) is 5.75 Å². The van der Waals surface area contributed by atoms with Gasteiger partial charge in [0.1, 0.15) is 0 Å². The van der Waals surface area contributed by atoms with E-state index in [1.807, 2.05) is 0 Å². The molecule has 1 heterocycles. The third-order valence-corrected chi connectivity index (χ3v) is 7.03. The second-order valence-electron chi connectivity index (χ2n) is 8.04. The van der Waals surface area contributed by atoms with Gasteiger partial charge >= 0.3 is 0 Å². The van der Waals surface area contributed by atoms with E-state index in [1.165, 1.54) is 31.4 Å². The Kier molecular flexibility index (Phi) is 6.34. The second kappa shape index (κ2) is 9.14. The van der Waals surface area contributed by atoms with E-state index < -0.39 is 15.9 Å². The van der Waals surface area contributed by atoms with E-state index >= 15 is 0 Å². The van der Waals surface area contributed by atoms with Crippen molar-refractivity contribution in [3.05, 3.63) is 48.2 Å². The Labute approximate surface area is 177 Å². The quantitative estimate of drug-likeness (QED) is 0.666. The fraction of sp³-hybridized carbons (Fsp3) is 0.455. The average molecular weight is 430 g/mol. The first-order valence-corrected chi connectivity index (χ1v) is 12.0. The van der Waals surface area contributed by atoms with Gasteiger partial charge in [0.25, 0.3) is 5.91 Å². The van der Waals surface area contributed by atoms with Gasteiger partial charge in [0.2, 0.25) is 10.0 Å². The number of nitrogens with one attached hydrogen (secondary N) is 2. The first-order chi connectivity index (χ1) is 14.5. The van der Waals surface area contributed by atoms with Crippen LogP contribution >= 0.6 is 0 Å². The molecule has 8 heteroatoms. The molecule has 1 aromatic carbocycles. The molecule has 1 aromatic heterocycles. The Bertz CT molecular complexity index is 999. The lowest BCUT2D eigenvalue weighted by Gasteiger charge is -2.22. The number of sulfonamides is 1. The lowest BCUT2D eigenvalue weighted by atomic mass is 9.90. The van der Waals surface area contributed by atoms with Gasteiger partial charge in [0.05, 0.1) is 11.5 Å². The molecule has 2 N–H and O–H groups in total. The highest BCUT2D eigenvalue weighted by Gasteiger charge is 2.28. The van der Waals surface area contributed by atoms with E-state index in [4.69, 9.17) is 4.74 Å². The lowest BCUT2D eigenvalue weighted by molar-refractivity contribution is 0.102. The normalized spacial score (nSPS) is 17.5.